The number of fused-ring (bicyclic) bond motifs is 1. The van der Waals surface area contributed by atoms with Crippen molar-refractivity contribution in [1.29, 1.82) is 0 Å². The predicted octanol–water partition coefficient (Wildman–Crippen LogP) is 2.69. The van der Waals surface area contributed by atoms with Gasteiger partial charge in [0.05, 0.1) is 15.9 Å². The van der Waals surface area contributed by atoms with Crippen LogP contribution in [0.15, 0.2) is 47.4 Å². The maximum absolute atomic E-state index is 12.8. The quantitative estimate of drug-likeness (QED) is 0.770. The molecule has 4 rings (SSSR count). The fourth-order valence-electron chi connectivity index (χ4n) is 3.26. The van der Waals surface area contributed by atoms with Crippen molar-refractivity contribution < 1.29 is 8.42 Å². The zero-order chi connectivity index (χ0) is 18.3. The summed E-state index contributed by atoms with van der Waals surface area (Å²) < 4.78 is 27.2. The fraction of sp³-hybridized carbons (Fsp3) is 0.316. The summed E-state index contributed by atoms with van der Waals surface area (Å²) in [6.07, 6.45) is 0. The highest BCUT2D eigenvalue weighted by Crippen LogP contribution is 2.22. The number of H-pyrrole nitrogens is 1. The number of piperazine rings is 1. The molecule has 1 aromatic heterocycles. The van der Waals surface area contributed by atoms with E-state index in [-0.39, 0.29) is 0 Å². The van der Waals surface area contributed by atoms with Gasteiger partial charge in [-0.2, -0.15) is 4.31 Å². The maximum Gasteiger partial charge on any atom is 0.243 e. The number of hydrogen-bond acceptors (Lipinski definition) is 4. The third kappa shape index (κ3) is 3.08. The van der Waals surface area contributed by atoms with Gasteiger partial charge in [0.25, 0.3) is 0 Å². The van der Waals surface area contributed by atoms with E-state index < -0.39 is 10.0 Å². The molecule has 0 amide bonds. The minimum atomic E-state index is -3.44. The number of aryl methyl sites for hydroxylation is 2. The second-order valence-electron chi connectivity index (χ2n) is 6.79. The molecule has 0 saturated carbocycles. The molecule has 0 unspecified atom stereocenters. The lowest BCUT2D eigenvalue weighted by Crippen LogP contribution is -2.49. The Kier molecular flexibility index (Phi) is 4.20. The molecular weight excluding hydrogens is 348 g/mol. The van der Waals surface area contributed by atoms with Gasteiger partial charge in [-0.3, -0.25) is 0 Å². The SMILES string of the molecule is Cc1ccc(S(=O)(=O)N2CCN(c3nc4ccc(C)cc4[nH]3)CC2)cc1. The summed E-state index contributed by atoms with van der Waals surface area (Å²) in [5.74, 6) is 0.804. The van der Waals surface area contributed by atoms with Crippen LogP contribution in [-0.4, -0.2) is 48.9 Å². The van der Waals surface area contributed by atoms with Crippen LogP contribution in [0.4, 0.5) is 5.95 Å². The standard InChI is InChI=1S/C19H22N4O2S/c1-14-3-6-16(7-4-14)26(24,25)23-11-9-22(10-12-23)19-20-17-8-5-15(2)13-18(17)21-19/h3-8,13H,9-12H2,1-2H3,(H,20,21). The molecule has 1 fully saturated rings. The molecule has 3 aromatic rings. The van der Waals surface area contributed by atoms with Crippen LogP contribution in [0.2, 0.25) is 0 Å². The highest BCUT2D eigenvalue weighted by Gasteiger charge is 2.29. The van der Waals surface area contributed by atoms with Crippen LogP contribution in [0.25, 0.3) is 11.0 Å². The van der Waals surface area contributed by atoms with Crippen LogP contribution in [0, 0.1) is 13.8 Å². The first kappa shape index (κ1) is 17.1. The van der Waals surface area contributed by atoms with E-state index in [1.165, 1.54) is 5.56 Å². The Morgan fingerprint density at radius 2 is 1.58 bits per heavy atom. The summed E-state index contributed by atoms with van der Waals surface area (Å²) in [6, 6.07) is 13.1. The first-order chi connectivity index (χ1) is 12.4. The van der Waals surface area contributed by atoms with Crippen molar-refractivity contribution >= 4 is 27.0 Å². The van der Waals surface area contributed by atoms with Crippen LogP contribution < -0.4 is 4.90 Å². The zero-order valence-electron chi connectivity index (χ0n) is 14.9. The molecule has 2 heterocycles. The number of rotatable bonds is 3. The molecule has 1 saturated heterocycles. The number of anilines is 1. The van der Waals surface area contributed by atoms with Crippen LogP contribution >= 0.6 is 0 Å². The van der Waals surface area contributed by atoms with Crippen molar-refractivity contribution in [1.82, 2.24) is 14.3 Å². The van der Waals surface area contributed by atoms with Crippen LogP contribution in [0.3, 0.4) is 0 Å². The summed E-state index contributed by atoms with van der Waals surface area (Å²) in [4.78, 5) is 10.4. The minimum Gasteiger partial charge on any atom is -0.340 e. The molecule has 26 heavy (non-hydrogen) atoms. The maximum atomic E-state index is 12.8. The monoisotopic (exact) mass is 370 g/mol. The fourth-order valence-corrected chi connectivity index (χ4v) is 4.68. The number of sulfonamides is 1. The largest absolute Gasteiger partial charge is 0.340 e. The van der Waals surface area contributed by atoms with Crippen molar-refractivity contribution in [2.45, 2.75) is 18.7 Å². The van der Waals surface area contributed by atoms with Crippen LogP contribution in [0.5, 0.6) is 0 Å². The van der Waals surface area contributed by atoms with Gasteiger partial charge in [-0.05, 0) is 43.7 Å². The molecule has 7 heteroatoms. The van der Waals surface area contributed by atoms with Crippen molar-refractivity contribution in [3.05, 3.63) is 53.6 Å². The number of imidazole rings is 1. The second kappa shape index (κ2) is 6.41. The van der Waals surface area contributed by atoms with E-state index in [1.54, 1.807) is 16.4 Å². The number of nitrogens with one attached hydrogen (secondary N) is 1. The lowest BCUT2D eigenvalue weighted by molar-refractivity contribution is 0.383. The topological polar surface area (TPSA) is 69.3 Å². The third-order valence-corrected chi connectivity index (χ3v) is 6.73. The first-order valence-corrected chi connectivity index (χ1v) is 10.2. The summed E-state index contributed by atoms with van der Waals surface area (Å²) in [6.45, 7) is 6.13. The molecule has 0 atom stereocenters. The normalized spacial score (nSPS) is 16.3. The predicted molar refractivity (Wildman–Crippen MR) is 103 cm³/mol. The summed E-state index contributed by atoms with van der Waals surface area (Å²) >= 11 is 0. The van der Waals surface area contributed by atoms with Crippen LogP contribution in [-0.2, 0) is 10.0 Å². The number of aromatic amines is 1. The molecule has 1 N–H and O–H groups in total. The average Bonchev–Trinajstić information content (AvgIpc) is 3.05. The average molecular weight is 370 g/mol. The van der Waals surface area contributed by atoms with Gasteiger partial charge in [-0.1, -0.05) is 23.8 Å². The number of aromatic nitrogens is 2. The molecule has 0 spiro atoms. The highest BCUT2D eigenvalue weighted by molar-refractivity contribution is 7.89. The number of benzene rings is 2. The number of nitrogens with zero attached hydrogens (tertiary/aromatic N) is 3. The van der Waals surface area contributed by atoms with Crippen molar-refractivity contribution in [3.63, 3.8) is 0 Å². The zero-order valence-corrected chi connectivity index (χ0v) is 15.8. The van der Waals surface area contributed by atoms with E-state index in [2.05, 4.69) is 27.9 Å². The molecule has 0 aliphatic carbocycles. The lowest BCUT2D eigenvalue weighted by Gasteiger charge is -2.33. The highest BCUT2D eigenvalue weighted by atomic mass is 32.2. The van der Waals surface area contributed by atoms with E-state index in [0.717, 1.165) is 22.5 Å². The van der Waals surface area contributed by atoms with Gasteiger partial charge in [0.15, 0.2) is 0 Å². The Bertz CT molecular complexity index is 1030. The van der Waals surface area contributed by atoms with Crippen molar-refractivity contribution in [2.24, 2.45) is 0 Å². The molecule has 1 aliphatic heterocycles. The molecule has 0 radical (unpaired) electrons. The second-order valence-corrected chi connectivity index (χ2v) is 8.72. The summed E-state index contributed by atoms with van der Waals surface area (Å²) in [7, 11) is -3.44. The molecule has 1 aliphatic rings. The van der Waals surface area contributed by atoms with Gasteiger partial charge < -0.3 is 9.88 Å². The van der Waals surface area contributed by atoms with Gasteiger partial charge in [0.2, 0.25) is 16.0 Å². The summed E-state index contributed by atoms with van der Waals surface area (Å²) in [5.41, 5.74) is 4.17. The van der Waals surface area contributed by atoms with Crippen LogP contribution in [0.1, 0.15) is 11.1 Å². The molecule has 2 aromatic carbocycles. The number of hydrogen-bond donors (Lipinski definition) is 1. The Morgan fingerprint density at radius 3 is 2.27 bits per heavy atom. The Labute approximate surface area is 153 Å². The van der Waals surface area contributed by atoms with Gasteiger partial charge in [-0.15, -0.1) is 0 Å². The van der Waals surface area contributed by atoms with E-state index >= 15 is 0 Å². The van der Waals surface area contributed by atoms with Crippen molar-refractivity contribution in [2.75, 3.05) is 31.1 Å². The van der Waals surface area contributed by atoms with E-state index in [1.807, 2.05) is 31.2 Å². The summed E-state index contributed by atoms with van der Waals surface area (Å²) in [5, 5.41) is 0. The third-order valence-electron chi connectivity index (χ3n) is 4.82. The Morgan fingerprint density at radius 1 is 0.923 bits per heavy atom. The Hall–Kier alpha value is -2.38. The van der Waals surface area contributed by atoms with Gasteiger partial charge in [0.1, 0.15) is 0 Å². The minimum absolute atomic E-state index is 0.357. The van der Waals surface area contributed by atoms with Gasteiger partial charge in [-0.25, -0.2) is 13.4 Å². The smallest absolute Gasteiger partial charge is 0.243 e. The molecular formula is C19H22N4O2S. The molecule has 6 nitrogen and oxygen atoms in total. The first-order valence-electron chi connectivity index (χ1n) is 8.72. The molecule has 0 bridgehead atoms. The van der Waals surface area contributed by atoms with Gasteiger partial charge >= 0.3 is 0 Å². The van der Waals surface area contributed by atoms with E-state index in [9.17, 15) is 8.42 Å². The Balaban J connectivity index is 1.50. The lowest BCUT2D eigenvalue weighted by atomic mass is 10.2. The van der Waals surface area contributed by atoms with E-state index in [4.69, 9.17) is 0 Å². The van der Waals surface area contributed by atoms with E-state index in [0.29, 0.717) is 31.1 Å². The van der Waals surface area contributed by atoms with Crippen molar-refractivity contribution in [3.8, 4) is 0 Å². The van der Waals surface area contributed by atoms with Gasteiger partial charge in [0, 0.05) is 26.2 Å². The molecule has 136 valence electrons.